The number of nitrogens with two attached hydrogens (primary N) is 1. The van der Waals surface area contributed by atoms with Crippen molar-refractivity contribution >= 4 is 28.9 Å². The van der Waals surface area contributed by atoms with Gasteiger partial charge in [-0.2, -0.15) is 0 Å². The van der Waals surface area contributed by atoms with Crippen LogP contribution in [-0.2, 0) is 20.7 Å². The minimum absolute atomic E-state index is 0.0228. The lowest BCUT2D eigenvalue weighted by atomic mass is 9.88. The molecule has 5 rings (SSSR count). The Labute approximate surface area is 201 Å². The molecule has 8 heteroatoms. The van der Waals surface area contributed by atoms with E-state index in [1.807, 2.05) is 35.7 Å². The Hall–Kier alpha value is -3.49. The molecule has 2 aliphatic rings. The molecule has 2 N–H and O–H groups in total. The van der Waals surface area contributed by atoms with Gasteiger partial charge in [-0.25, -0.2) is 0 Å². The van der Waals surface area contributed by atoms with Gasteiger partial charge in [0.15, 0.2) is 5.78 Å². The first kappa shape index (κ1) is 22.3. The fourth-order valence-corrected chi connectivity index (χ4v) is 5.56. The van der Waals surface area contributed by atoms with Gasteiger partial charge in [0.25, 0.3) is 0 Å². The van der Waals surface area contributed by atoms with E-state index in [0.717, 1.165) is 4.88 Å². The number of amides is 2. The van der Waals surface area contributed by atoms with E-state index in [9.17, 15) is 14.4 Å². The molecule has 0 aliphatic carbocycles. The number of rotatable bonds is 7. The second kappa shape index (κ2) is 9.40. The zero-order valence-corrected chi connectivity index (χ0v) is 19.2. The van der Waals surface area contributed by atoms with Crippen LogP contribution in [0.1, 0.15) is 33.1 Å². The first-order chi connectivity index (χ1) is 16.5. The van der Waals surface area contributed by atoms with E-state index in [1.54, 1.807) is 35.2 Å². The number of fused-ring (bicyclic) bond motifs is 1. The minimum atomic E-state index is -0.756. The lowest BCUT2D eigenvalue weighted by Gasteiger charge is -2.29. The number of primary amides is 1. The van der Waals surface area contributed by atoms with Gasteiger partial charge in [0.2, 0.25) is 11.8 Å². The van der Waals surface area contributed by atoms with Crippen molar-refractivity contribution < 1.29 is 23.9 Å². The maximum absolute atomic E-state index is 14.1. The van der Waals surface area contributed by atoms with Crippen molar-refractivity contribution in [2.24, 2.45) is 5.73 Å². The van der Waals surface area contributed by atoms with E-state index in [4.69, 9.17) is 15.2 Å². The second-order valence-electron chi connectivity index (χ2n) is 8.41. The monoisotopic (exact) mass is 476 g/mol. The Bertz CT molecular complexity index is 1210. The summed E-state index contributed by atoms with van der Waals surface area (Å²) in [7, 11) is 0. The molecular formula is C26H24N2O5S. The van der Waals surface area contributed by atoms with Crippen molar-refractivity contribution in [3.63, 3.8) is 0 Å². The second-order valence-corrected chi connectivity index (χ2v) is 9.45. The molecule has 2 amide bonds. The van der Waals surface area contributed by atoms with Gasteiger partial charge in [-0.05, 0) is 48.6 Å². The highest BCUT2D eigenvalue weighted by Crippen LogP contribution is 2.39. The van der Waals surface area contributed by atoms with Crippen LogP contribution in [0.5, 0.6) is 11.5 Å². The number of carbonyl (C=O) groups is 3. The van der Waals surface area contributed by atoms with Gasteiger partial charge in [-0.3, -0.25) is 14.4 Å². The number of Topliss-reactive ketones (excluding diaryl/α,β-unsaturated/α-hetero) is 1. The molecule has 2 saturated heterocycles. The third kappa shape index (κ3) is 4.22. The number of nitrogens with zero attached hydrogens (tertiary/aromatic N) is 1. The molecule has 1 aromatic heterocycles. The number of hydrogen-bond acceptors (Lipinski definition) is 6. The zero-order chi connectivity index (χ0) is 23.7. The smallest absolute Gasteiger partial charge is 0.249 e. The van der Waals surface area contributed by atoms with Crippen molar-refractivity contribution in [2.75, 3.05) is 13.2 Å². The summed E-state index contributed by atoms with van der Waals surface area (Å²) < 4.78 is 11.7. The number of carbonyl (C=O) groups excluding carboxylic acids is 3. The van der Waals surface area contributed by atoms with Crippen molar-refractivity contribution in [3.05, 3.63) is 82.0 Å². The van der Waals surface area contributed by atoms with E-state index in [2.05, 4.69) is 0 Å². The van der Waals surface area contributed by atoms with Gasteiger partial charge in [0, 0.05) is 22.5 Å². The average Bonchev–Trinajstić information content (AvgIpc) is 3.58. The summed E-state index contributed by atoms with van der Waals surface area (Å²) >= 11 is 1.53. The number of ketones is 1. The first-order valence-corrected chi connectivity index (χ1v) is 12.0. The lowest BCUT2D eigenvalue weighted by Crippen LogP contribution is -2.44. The summed E-state index contributed by atoms with van der Waals surface area (Å²) in [6.07, 6.45) is 0.693. The van der Waals surface area contributed by atoms with Crippen LogP contribution in [0, 0.1) is 0 Å². The van der Waals surface area contributed by atoms with Crippen LogP contribution in [0.4, 0.5) is 0 Å². The fraction of sp³-hybridized carbons (Fsp3) is 0.269. The molecule has 0 spiro atoms. The lowest BCUT2D eigenvalue weighted by molar-refractivity contribution is -0.137. The maximum Gasteiger partial charge on any atom is 0.249 e. The molecule has 0 radical (unpaired) electrons. The topological polar surface area (TPSA) is 98.9 Å². The number of para-hydroxylation sites is 1. The Morgan fingerprint density at radius 3 is 2.68 bits per heavy atom. The van der Waals surface area contributed by atoms with Crippen molar-refractivity contribution in [2.45, 2.75) is 30.9 Å². The Balaban J connectivity index is 1.60. The summed E-state index contributed by atoms with van der Waals surface area (Å²) in [6.45, 7) is 0.448. The predicted molar refractivity (Wildman–Crippen MR) is 127 cm³/mol. The molecule has 174 valence electrons. The molecule has 3 aromatic rings. The van der Waals surface area contributed by atoms with E-state index >= 15 is 0 Å². The standard InChI is InChI=1S/C26H24N2O5S/c27-25(30)18-9-4-10-21(33-16-6-2-1-3-7-16)23(18)19(14-17-8-5-13-34-17)26(31)28-12-11-22-24(28)20(29)15-32-22/h1-10,13,19,22,24H,11-12,14-15H2,(H2,27,30). The van der Waals surface area contributed by atoms with Crippen LogP contribution in [0.2, 0.25) is 0 Å². The Morgan fingerprint density at radius 1 is 1.12 bits per heavy atom. The largest absolute Gasteiger partial charge is 0.457 e. The molecule has 3 unspecified atom stereocenters. The molecule has 0 saturated carbocycles. The number of ether oxygens (including phenoxy) is 2. The third-order valence-electron chi connectivity index (χ3n) is 6.33. The van der Waals surface area contributed by atoms with Crippen LogP contribution >= 0.6 is 11.3 Å². The molecule has 2 aromatic carbocycles. The number of thiophene rings is 1. The van der Waals surface area contributed by atoms with Crippen LogP contribution in [-0.4, -0.2) is 47.8 Å². The van der Waals surface area contributed by atoms with Gasteiger partial charge in [0.05, 0.1) is 12.0 Å². The van der Waals surface area contributed by atoms with Crippen LogP contribution in [0.3, 0.4) is 0 Å². The van der Waals surface area contributed by atoms with Gasteiger partial charge >= 0.3 is 0 Å². The minimum Gasteiger partial charge on any atom is -0.457 e. The molecular weight excluding hydrogens is 452 g/mol. The van der Waals surface area contributed by atoms with Gasteiger partial charge in [0.1, 0.15) is 24.1 Å². The molecule has 3 heterocycles. The summed E-state index contributed by atoms with van der Waals surface area (Å²) in [5.41, 5.74) is 6.43. The zero-order valence-electron chi connectivity index (χ0n) is 18.4. The van der Waals surface area contributed by atoms with Crippen LogP contribution in [0.15, 0.2) is 66.0 Å². The third-order valence-corrected chi connectivity index (χ3v) is 7.23. The summed E-state index contributed by atoms with van der Waals surface area (Å²) in [5, 5.41) is 1.94. The predicted octanol–water partition coefficient (Wildman–Crippen LogP) is 3.53. The Kier molecular flexibility index (Phi) is 6.17. The van der Waals surface area contributed by atoms with Gasteiger partial charge in [-0.1, -0.05) is 30.3 Å². The SMILES string of the molecule is NC(=O)c1cccc(Oc2ccccc2)c1C(Cc1cccs1)C(=O)N1CCC2OCC(=O)C21. The van der Waals surface area contributed by atoms with Crippen LogP contribution in [0.25, 0.3) is 0 Å². The molecule has 7 nitrogen and oxygen atoms in total. The van der Waals surface area contributed by atoms with E-state index in [-0.39, 0.29) is 30.0 Å². The van der Waals surface area contributed by atoms with Gasteiger partial charge in [-0.15, -0.1) is 11.3 Å². The number of likely N-dealkylation sites (tertiary alicyclic amines) is 1. The molecule has 2 aliphatic heterocycles. The Morgan fingerprint density at radius 2 is 1.94 bits per heavy atom. The van der Waals surface area contributed by atoms with E-state index < -0.39 is 17.9 Å². The molecule has 3 atom stereocenters. The average molecular weight is 477 g/mol. The molecule has 34 heavy (non-hydrogen) atoms. The highest BCUT2D eigenvalue weighted by atomic mass is 32.1. The molecule has 2 fully saturated rings. The highest BCUT2D eigenvalue weighted by Gasteiger charge is 2.48. The summed E-state index contributed by atoms with van der Waals surface area (Å²) in [5.74, 6) is -0.748. The summed E-state index contributed by atoms with van der Waals surface area (Å²) in [4.78, 5) is 41.6. The van der Waals surface area contributed by atoms with Gasteiger partial charge < -0.3 is 20.1 Å². The number of benzene rings is 2. The van der Waals surface area contributed by atoms with Crippen LogP contribution < -0.4 is 10.5 Å². The fourth-order valence-electron chi connectivity index (χ4n) is 4.81. The molecule has 0 bridgehead atoms. The summed E-state index contributed by atoms with van der Waals surface area (Å²) in [6, 6.07) is 17.5. The van der Waals surface area contributed by atoms with Crippen molar-refractivity contribution in [1.29, 1.82) is 0 Å². The first-order valence-electron chi connectivity index (χ1n) is 11.2. The number of hydrogen-bond donors (Lipinski definition) is 1. The normalized spacial score (nSPS) is 20.2. The highest BCUT2D eigenvalue weighted by molar-refractivity contribution is 7.09. The van der Waals surface area contributed by atoms with E-state index in [0.29, 0.717) is 36.4 Å². The maximum atomic E-state index is 14.1. The quantitative estimate of drug-likeness (QED) is 0.562. The van der Waals surface area contributed by atoms with Crippen molar-refractivity contribution in [3.8, 4) is 11.5 Å². The van der Waals surface area contributed by atoms with Crippen molar-refractivity contribution in [1.82, 2.24) is 4.90 Å². The van der Waals surface area contributed by atoms with E-state index in [1.165, 1.54) is 11.3 Å².